The zero-order valence-electron chi connectivity index (χ0n) is 23.2. The number of imidazole rings is 1. The Bertz CT molecular complexity index is 1520. The Morgan fingerprint density at radius 1 is 1.02 bits per heavy atom. The number of hydrogen-bond donors (Lipinski definition) is 0. The van der Waals surface area contributed by atoms with Crippen LogP contribution in [0.2, 0.25) is 5.02 Å². The number of rotatable bonds is 10. The standard InChI is InChI=1S/C32H33ClF2N2O4/c1-3-39-31(38)19-41-30-14-13-24(15-20(30)2)40-18-29(21-7-5-4-6-8-21)37-28-17-26(35)25(34)16-27(28)36-32(37)22-9-11-23(33)12-10-22/h9-17,21,29H,3-8,18-19H2,1-2H3. The van der Waals surface area contributed by atoms with Gasteiger partial charge in [-0.2, -0.15) is 0 Å². The van der Waals surface area contributed by atoms with Gasteiger partial charge in [-0.3, -0.25) is 0 Å². The van der Waals surface area contributed by atoms with Crippen LogP contribution in [0.1, 0.15) is 50.6 Å². The number of aromatic nitrogens is 2. The zero-order chi connectivity index (χ0) is 28.9. The Kier molecular flexibility index (Phi) is 9.08. The normalized spacial score (nSPS) is 14.7. The van der Waals surface area contributed by atoms with E-state index in [0.29, 0.717) is 46.6 Å². The Morgan fingerprint density at radius 2 is 1.76 bits per heavy atom. The molecule has 0 spiro atoms. The first kappa shape index (κ1) is 28.9. The van der Waals surface area contributed by atoms with Crippen molar-refractivity contribution in [3.63, 3.8) is 0 Å². The van der Waals surface area contributed by atoms with Gasteiger partial charge >= 0.3 is 5.97 Å². The fourth-order valence-corrected chi connectivity index (χ4v) is 5.69. The molecule has 1 aliphatic carbocycles. The topological polar surface area (TPSA) is 62.6 Å². The van der Waals surface area contributed by atoms with Gasteiger partial charge < -0.3 is 18.8 Å². The van der Waals surface area contributed by atoms with Gasteiger partial charge in [-0.1, -0.05) is 30.9 Å². The summed E-state index contributed by atoms with van der Waals surface area (Å²) in [4.78, 5) is 16.4. The first-order valence-electron chi connectivity index (χ1n) is 14.0. The molecule has 1 aromatic heterocycles. The minimum absolute atomic E-state index is 0.170. The predicted molar refractivity (Wildman–Crippen MR) is 155 cm³/mol. The van der Waals surface area contributed by atoms with Crippen molar-refractivity contribution in [1.29, 1.82) is 0 Å². The number of ether oxygens (including phenoxy) is 3. The Balaban J connectivity index is 1.49. The third-order valence-electron chi connectivity index (χ3n) is 7.58. The third kappa shape index (κ3) is 6.64. The molecule has 0 bridgehead atoms. The van der Waals surface area contributed by atoms with E-state index in [0.717, 1.165) is 42.9 Å². The van der Waals surface area contributed by atoms with E-state index in [1.54, 1.807) is 31.2 Å². The molecule has 1 fully saturated rings. The van der Waals surface area contributed by atoms with Crippen LogP contribution >= 0.6 is 11.6 Å². The molecular weight excluding hydrogens is 550 g/mol. The monoisotopic (exact) mass is 582 g/mol. The van der Waals surface area contributed by atoms with Crippen LogP contribution in [-0.2, 0) is 9.53 Å². The number of benzene rings is 3. The summed E-state index contributed by atoms with van der Waals surface area (Å²) in [6, 6.07) is 14.9. The molecule has 0 saturated heterocycles. The van der Waals surface area contributed by atoms with E-state index < -0.39 is 17.6 Å². The molecule has 0 radical (unpaired) electrons. The quantitative estimate of drug-likeness (QED) is 0.177. The van der Waals surface area contributed by atoms with Crippen LogP contribution in [0.5, 0.6) is 11.5 Å². The number of aryl methyl sites for hydroxylation is 1. The van der Waals surface area contributed by atoms with Crippen molar-refractivity contribution in [2.45, 2.75) is 52.0 Å². The maximum atomic E-state index is 14.6. The van der Waals surface area contributed by atoms with Crippen molar-refractivity contribution in [3.8, 4) is 22.9 Å². The summed E-state index contributed by atoms with van der Waals surface area (Å²) in [7, 11) is 0. The molecule has 6 nitrogen and oxygen atoms in total. The zero-order valence-corrected chi connectivity index (χ0v) is 23.9. The van der Waals surface area contributed by atoms with Crippen LogP contribution in [0.15, 0.2) is 54.6 Å². The van der Waals surface area contributed by atoms with E-state index in [1.807, 2.05) is 29.7 Å². The highest BCUT2D eigenvalue weighted by Gasteiger charge is 2.30. The smallest absolute Gasteiger partial charge is 0.344 e. The minimum atomic E-state index is -0.934. The molecule has 0 amide bonds. The molecule has 3 aromatic carbocycles. The first-order valence-corrected chi connectivity index (χ1v) is 14.4. The second-order valence-corrected chi connectivity index (χ2v) is 10.8. The lowest BCUT2D eigenvalue weighted by atomic mass is 9.83. The van der Waals surface area contributed by atoms with E-state index in [4.69, 9.17) is 30.8 Å². The number of nitrogens with zero attached hydrogens (tertiary/aromatic N) is 2. The molecule has 9 heteroatoms. The molecule has 4 aromatic rings. The first-order chi connectivity index (χ1) is 19.8. The SMILES string of the molecule is CCOC(=O)COc1ccc(OCC(C2CCCCC2)n2c(-c3ccc(Cl)cc3)nc3cc(F)c(F)cc32)cc1C. The van der Waals surface area contributed by atoms with Crippen LogP contribution < -0.4 is 9.47 Å². The maximum Gasteiger partial charge on any atom is 0.344 e. The lowest BCUT2D eigenvalue weighted by Gasteiger charge is -2.32. The van der Waals surface area contributed by atoms with E-state index >= 15 is 0 Å². The molecule has 1 heterocycles. The fourth-order valence-electron chi connectivity index (χ4n) is 5.56. The summed E-state index contributed by atoms with van der Waals surface area (Å²) in [6.07, 6.45) is 5.36. The number of hydrogen-bond acceptors (Lipinski definition) is 5. The fraction of sp³-hybridized carbons (Fsp3) is 0.375. The highest BCUT2D eigenvalue weighted by Crippen LogP contribution is 2.39. The van der Waals surface area contributed by atoms with Crippen molar-refractivity contribution in [1.82, 2.24) is 9.55 Å². The number of halogens is 3. The Hall–Kier alpha value is -3.65. The van der Waals surface area contributed by atoms with Gasteiger partial charge in [0.15, 0.2) is 18.2 Å². The van der Waals surface area contributed by atoms with Gasteiger partial charge in [-0.05, 0) is 80.6 Å². The molecule has 5 rings (SSSR count). The second kappa shape index (κ2) is 12.9. The molecule has 0 aliphatic heterocycles. The van der Waals surface area contributed by atoms with Crippen LogP contribution in [-0.4, -0.2) is 35.3 Å². The van der Waals surface area contributed by atoms with Crippen LogP contribution in [0.25, 0.3) is 22.4 Å². The van der Waals surface area contributed by atoms with E-state index in [1.165, 1.54) is 12.5 Å². The molecule has 1 saturated carbocycles. The van der Waals surface area contributed by atoms with Gasteiger partial charge in [0.2, 0.25) is 0 Å². The largest absolute Gasteiger partial charge is 0.491 e. The number of carbonyl (C=O) groups excluding carboxylic acids is 1. The van der Waals surface area contributed by atoms with Crippen molar-refractivity contribution >= 4 is 28.6 Å². The summed E-state index contributed by atoms with van der Waals surface area (Å²) < 4.78 is 47.8. The van der Waals surface area contributed by atoms with E-state index in [-0.39, 0.29) is 18.6 Å². The maximum absolute atomic E-state index is 14.6. The van der Waals surface area contributed by atoms with Gasteiger partial charge in [-0.15, -0.1) is 0 Å². The van der Waals surface area contributed by atoms with Crippen molar-refractivity contribution in [2.24, 2.45) is 5.92 Å². The second-order valence-electron chi connectivity index (χ2n) is 10.4. The van der Waals surface area contributed by atoms with Crippen molar-refractivity contribution in [3.05, 3.63) is 76.8 Å². The van der Waals surface area contributed by atoms with E-state index in [2.05, 4.69) is 0 Å². The molecule has 216 valence electrons. The summed E-state index contributed by atoms with van der Waals surface area (Å²) >= 11 is 6.16. The third-order valence-corrected chi connectivity index (χ3v) is 7.83. The highest BCUT2D eigenvalue weighted by molar-refractivity contribution is 6.30. The summed E-state index contributed by atoms with van der Waals surface area (Å²) in [5.74, 6) is -0.204. The highest BCUT2D eigenvalue weighted by atomic mass is 35.5. The number of carbonyl (C=O) groups is 1. The minimum Gasteiger partial charge on any atom is -0.491 e. The van der Waals surface area contributed by atoms with Gasteiger partial charge in [0, 0.05) is 22.7 Å². The molecule has 41 heavy (non-hydrogen) atoms. The van der Waals surface area contributed by atoms with Gasteiger partial charge in [0.1, 0.15) is 23.9 Å². The van der Waals surface area contributed by atoms with Crippen molar-refractivity contribution < 1.29 is 27.8 Å². The van der Waals surface area contributed by atoms with Crippen LogP contribution in [0.4, 0.5) is 8.78 Å². The van der Waals surface area contributed by atoms with Crippen LogP contribution in [0, 0.1) is 24.5 Å². The Morgan fingerprint density at radius 3 is 2.46 bits per heavy atom. The predicted octanol–water partition coefficient (Wildman–Crippen LogP) is 8.09. The summed E-state index contributed by atoms with van der Waals surface area (Å²) in [5, 5.41) is 0.589. The number of fused-ring (bicyclic) bond motifs is 1. The molecule has 0 N–H and O–H groups in total. The molecule has 1 unspecified atom stereocenters. The lowest BCUT2D eigenvalue weighted by molar-refractivity contribution is -0.145. The number of esters is 1. The lowest BCUT2D eigenvalue weighted by Crippen LogP contribution is -2.28. The molecule has 1 atom stereocenters. The summed E-state index contributed by atoms with van der Waals surface area (Å²) in [5.41, 5.74) is 2.51. The van der Waals surface area contributed by atoms with Crippen molar-refractivity contribution in [2.75, 3.05) is 19.8 Å². The van der Waals surface area contributed by atoms with Gasteiger partial charge in [0.25, 0.3) is 0 Å². The van der Waals surface area contributed by atoms with Gasteiger partial charge in [0.05, 0.1) is 23.7 Å². The Labute approximate surface area is 243 Å². The summed E-state index contributed by atoms with van der Waals surface area (Å²) in [6.45, 7) is 4.06. The van der Waals surface area contributed by atoms with E-state index in [9.17, 15) is 13.6 Å². The molecular formula is C32H33ClF2N2O4. The van der Waals surface area contributed by atoms with Crippen LogP contribution in [0.3, 0.4) is 0 Å². The molecule has 1 aliphatic rings. The average molecular weight is 583 g/mol. The van der Waals surface area contributed by atoms with Gasteiger partial charge in [-0.25, -0.2) is 18.6 Å². The average Bonchev–Trinajstić information content (AvgIpc) is 3.31.